The number of rotatable bonds is 6. The molecule has 1 N–H and O–H groups in total. The first-order valence-corrected chi connectivity index (χ1v) is 9.60. The minimum atomic E-state index is -0.423. The number of nitrogens with zero attached hydrogens (tertiary/aromatic N) is 3. The molecule has 2 heterocycles. The fourth-order valence-corrected chi connectivity index (χ4v) is 3.80. The molecule has 25 heavy (non-hydrogen) atoms. The van der Waals surface area contributed by atoms with Gasteiger partial charge in [-0.25, -0.2) is 4.98 Å². The van der Waals surface area contributed by atoms with Crippen LogP contribution < -0.4 is 10.2 Å². The summed E-state index contributed by atoms with van der Waals surface area (Å²) in [5.74, 6) is 0.797. The van der Waals surface area contributed by atoms with Crippen LogP contribution in [-0.2, 0) is 4.79 Å². The predicted octanol–water partition coefficient (Wildman–Crippen LogP) is 2.43. The average Bonchev–Trinajstić information content (AvgIpc) is 2.66. The number of piperazine rings is 1. The first kappa shape index (κ1) is 18.1. The van der Waals surface area contributed by atoms with Crippen LogP contribution in [0.1, 0.15) is 38.5 Å². The summed E-state index contributed by atoms with van der Waals surface area (Å²) in [7, 11) is 0. The molecule has 2 fully saturated rings. The number of amides is 1. The van der Waals surface area contributed by atoms with Crippen molar-refractivity contribution in [3.8, 4) is 0 Å². The largest absolute Gasteiger partial charge is 0.356 e. The second-order valence-corrected chi connectivity index (χ2v) is 7.13. The van der Waals surface area contributed by atoms with Crippen LogP contribution in [0.25, 0.3) is 0 Å². The number of hydrogen-bond acceptors (Lipinski definition) is 4. The molecular weight excluding hydrogens is 318 g/mol. The minimum absolute atomic E-state index is 0.246. The fourth-order valence-electron chi connectivity index (χ4n) is 3.80. The van der Waals surface area contributed by atoms with Gasteiger partial charge in [0, 0.05) is 38.6 Å². The van der Waals surface area contributed by atoms with Crippen molar-refractivity contribution in [3.05, 3.63) is 24.1 Å². The molecule has 1 aromatic heterocycles. The summed E-state index contributed by atoms with van der Waals surface area (Å²) in [6, 6.07) is 4.94. The number of pyridine rings is 1. The zero-order valence-corrected chi connectivity index (χ0v) is 14.9. The van der Waals surface area contributed by atoms with Crippen LogP contribution >= 0.6 is 0 Å². The molecule has 1 saturated carbocycles. The van der Waals surface area contributed by atoms with E-state index in [2.05, 4.69) is 20.1 Å². The average molecular weight is 347 g/mol. The normalized spacial score (nSPS) is 19.8. The van der Waals surface area contributed by atoms with Crippen molar-refractivity contribution in [2.24, 2.45) is 5.92 Å². The van der Waals surface area contributed by atoms with Crippen molar-refractivity contribution in [3.63, 3.8) is 0 Å². The van der Waals surface area contributed by atoms with Crippen molar-refractivity contribution < 1.29 is 9.18 Å². The van der Waals surface area contributed by atoms with Crippen molar-refractivity contribution >= 4 is 11.7 Å². The maximum atomic E-state index is 13.2. The van der Waals surface area contributed by atoms with Gasteiger partial charge in [-0.3, -0.25) is 9.69 Å². The minimum Gasteiger partial charge on any atom is -0.356 e. The zero-order valence-electron chi connectivity index (χ0n) is 14.9. The van der Waals surface area contributed by atoms with Gasteiger partial charge in [0.15, 0.2) is 0 Å². The number of anilines is 1. The molecule has 1 saturated heterocycles. The summed E-state index contributed by atoms with van der Waals surface area (Å²) >= 11 is 0. The quantitative estimate of drug-likeness (QED) is 0.634. The van der Waals surface area contributed by atoms with E-state index < -0.39 is 5.95 Å². The Morgan fingerprint density at radius 3 is 2.64 bits per heavy atom. The third-order valence-corrected chi connectivity index (χ3v) is 5.32. The Labute approximate surface area is 149 Å². The van der Waals surface area contributed by atoms with Crippen LogP contribution in [-0.4, -0.2) is 55.1 Å². The molecule has 3 rings (SSSR count). The number of nitrogens with one attached hydrogen (secondary N) is 1. The standard InChI is InChI=1S/C19H29FN4O/c20-17-8-4-9-18(22-17)24-14-12-23(13-15-24)11-5-10-21-19(25)16-6-2-1-3-7-16/h4,8-9,16H,1-3,5-7,10-15H2,(H,21,25)/i20-1. The van der Waals surface area contributed by atoms with E-state index in [0.717, 1.165) is 64.3 Å². The summed E-state index contributed by atoms with van der Waals surface area (Å²) < 4.78 is 13.2. The predicted molar refractivity (Wildman–Crippen MR) is 97.0 cm³/mol. The van der Waals surface area contributed by atoms with Crippen molar-refractivity contribution in [2.45, 2.75) is 38.5 Å². The van der Waals surface area contributed by atoms with E-state index in [1.54, 1.807) is 6.07 Å². The van der Waals surface area contributed by atoms with Gasteiger partial charge in [-0.1, -0.05) is 25.3 Å². The Hall–Kier alpha value is -1.69. The first-order valence-electron chi connectivity index (χ1n) is 9.60. The van der Waals surface area contributed by atoms with Crippen molar-refractivity contribution in [1.29, 1.82) is 0 Å². The molecule has 0 atom stereocenters. The van der Waals surface area contributed by atoms with Crippen LogP contribution in [0.5, 0.6) is 0 Å². The number of carbonyl (C=O) groups is 1. The summed E-state index contributed by atoms with van der Waals surface area (Å²) in [5, 5.41) is 3.11. The summed E-state index contributed by atoms with van der Waals surface area (Å²) in [6.45, 7) is 5.40. The molecule has 0 spiro atoms. The van der Waals surface area contributed by atoms with Crippen LogP contribution in [0, 0.1) is 11.9 Å². The fraction of sp³-hybridized carbons (Fsp3) is 0.684. The molecule has 1 aliphatic carbocycles. The molecule has 0 aromatic carbocycles. The monoisotopic (exact) mass is 347 g/mol. The highest BCUT2D eigenvalue weighted by molar-refractivity contribution is 5.78. The lowest BCUT2D eigenvalue weighted by Crippen LogP contribution is -2.47. The topological polar surface area (TPSA) is 48.5 Å². The van der Waals surface area contributed by atoms with E-state index in [0.29, 0.717) is 0 Å². The van der Waals surface area contributed by atoms with Gasteiger partial charge in [0.2, 0.25) is 11.9 Å². The number of aromatic nitrogens is 1. The van der Waals surface area contributed by atoms with Gasteiger partial charge in [-0.15, -0.1) is 0 Å². The van der Waals surface area contributed by atoms with Crippen molar-refractivity contribution in [2.75, 3.05) is 44.2 Å². The van der Waals surface area contributed by atoms with E-state index >= 15 is 0 Å². The second kappa shape index (κ2) is 9.13. The number of hydrogen-bond donors (Lipinski definition) is 1. The molecule has 0 radical (unpaired) electrons. The van der Waals surface area contributed by atoms with Gasteiger partial charge in [0.1, 0.15) is 5.82 Å². The van der Waals surface area contributed by atoms with Gasteiger partial charge in [0.05, 0.1) is 0 Å². The molecular formula is C19H29FN4O. The summed E-state index contributed by atoms with van der Waals surface area (Å²) in [6.07, 6.45) is 6.77. The third-order valence-electron chi connectivity index (χ3n) is 5.32. The Balaban J connectivity index is 1.31. The third kappa shape index (κ3) is 5.39. The summed E-state index contributed by atoms with van der Waals surface area (Å²) in [5.41, 5.74) is 0. The molecule has 2 aliphatic rings. The van der Waals surface area contributed by atoms with Gasteiger partial charge in [-0.05, 0) is 37.9 Å². The highest BCUT2D eigenvalue weighted by Crippen LogP contribution is 2.23. The van der Waals surface area contributed by atoms with E-state index in [4.69, 9.17) is 0 Å². The van der Waals surface area contributed by atoms with Crippen molar-refractivity contribution in [1.82, 2.24) is 15.2 Å². The van der Waals surface area contributed by atoms with Crippen LogP contribution in [0.2, 0.25) is 0 Å². The Kier molecular flexibility index (Phi) is 6.62. The molecule has 1 amide bonds. The van der Waals surface area contributed by atoms with E-state index in [1.165, 1.54) is 25.3 Å². The molecule has 6 heteroatoms. The zero-order chi connectivity index (χ0) is 17.5. The van der Waals surface area contributed by atoms with Gasteiger partial charge < -0.3 is 10.2 Å². The number of halogens is 1. The lowest BCUT2D eigenvalue weighted by molar-refractivity contribution is -0.125. The summed E-state index contributed by atoms with van der Waals surface area (Å²) in [4.78, 5) is 20.6. The van der Waals surface area contributed by atoms with Gasteiger partial charge in [0.25, 0.3) is 0 Å². The lowest BCUT2D eigenvalue weighted by Gasteiger charge is -2.35. The van der Waals surface area contributed by atoms with E-state index in [9.17, 15) is 9.18 Å². The van der Waals surface area contributed by atoms with Gasteiger partial charge >= 0.3 is 0 Å². The molecule has 0 unspecified atom stereocenters. The smallest absolute Gasteiger partial charge is 0.223 e. The highest BCUT2D eigenvalue weighted by atomic mass is 18.2. The molecule has 138 valence electrons. The molecule has 1 aromatic rings. The molecule has 0 bridgehead atoms. The van der Waals surface area contributed by atoms with Crippen LogP contribution in [0.4, 0.5) is 10.2 Å². The SMILES string of the molecule is O=C(NCCCN1CCN(c2cccc([18F])n2)CC1)C1CCCCC1. The lowest BCUT2D eigenvalue weighted by atomic mass is 9.89. The Morgan fingerprint density at radius 2 is 1.92 bits per heavy atom. The van der Waals surface area contributed by atoms with E-state index in [-0.39, 0.29) is 11.8 Å². The molecule has 1 aliphatic heterocycles. The first-order chi connectivity index (χ1) is 12.2. The van der Waals surface area contributed by atoms with Crippen LogP contribution in [0.3, 0.4) is 0 Å². The maximum absolute atomic E-state index is 13.2. The molecule has 5 nitrogen and oxygen atoms in total. The maximum Gasteiger partial charge on any atom is 0.223 e. The highest BCUT2D eigenvalue weighted by Gasteiger charge is 2.21. The Morgan fingerprint density at radius 1 is 1.16 bits per heavy atom. The van der Waals surface area contributed by atoms with Gasteiger partial charge in [-0.2, -0.15) is 4.39 Å². The van der Waals surface area contributed by atoms with E-state index in [1.807, 2.05) is 6.07 Å². The Bertz CT molecular complexity index is 554. The second-order valence-electron chi connectivity index (χ2n) is 7.13. The number of carbonyl (C=O) groups excluding carboxylic acids is 1. The van der Waals surface area contributed by atoms with Crippen LogP contribution in [0.15, 0.2) is 18.2 Å².